The van der Waals surface area contributed by atoms with Crippen LogP contribution in [0.3, 0.4) is 0 Å². The van der Waals surface area contributed by atoms with Crippen molar-refractivity contribution in [3.63, 3.8) is 0 Å². The van der Waals surface area contributed by atoms with Gasteiger partial charge in [0.15, 0.2) is 0 Å². The van der Waals surface area contributed by atoms with Crippen LogP contribution >= 0.6 is 0 Å². The summed E-state index contributed by atoms with van der Waals surface area (Å²) in [5, 5.41) is 6.72. The van der Waals surface area contributed by atoms with Crippen LogP contribution in [0.2, 0.25) is 0 Å². The van der Waals surface area contributed by atoms with E-state index in [1.54, 1.807) is 13.8 Å². The molecule has 0 N–H and O–H groups in total. The fraction of sp³-hybridized carbons (Fsp3) is 0.778. The second-order valence-corrected chi connectivity index (χ2v) is 5.61. The van der Waals surface area contributed by atoms with Crippen LogP contribution in [0.5, 0.6) is 0 Å². The van der Waals surface area contributed by atoms with E-state index in [0.29, 0.717) is 5.82 Å². The number of halogens is 1. The molecule has 0 saturated heterocycles. The lowest BCUT2D eigenvalue weighted by Gasteiger charge is -2.26. The van der Waals surface area contributed by atoms with Gasteiger partial charge >= 0.3 is 10.2 Å². The third-order valence-electron chi connectivity index (χ3n) is 2.90. The van der Waals surface area contributed by atoms with Crippen LogP contribution in [0.25, 0.3) is 0 Å². The zero-order valence-corrected chi connectivity index (χ0v) is 10.0. The summed E-state index contributed by atoms with van der Waals surface area (Å²) in [5.74, 6) is 0.822. The molecule has 5 nitrogen and oxygen atoms in total. The summed E-state index contributed by atoms with van der Waals surface area (Å²) in [4.78, 5) is 0. The summed E-state index contributed by atoms with van der Waals surface area (Å²) in [7, 11) is -4.79. The Labute approximate surface area is 93.9 Å². The van der Waals surface area contributed by atoms with Crippen molar-refractivity contribution in [1.82, 2.24) is 14.8 Å². The van der Waals surface area contributed by atoms with Crippen LogP contribution < -0.4 is 0 Å². The maximum absolute atomic E-state index is 13.0. The van der Waals surface area contributed by atoms with Crippen LogP contribution in [0.1, 0.15) is 50.9 Å². The van der Waals surface area contributed by atoms with Crippen molar-refractivity contribution in [3.8, 4) is 0 Å². The molecule has 0 spiro atoms. The van der Waals surface area contributed by atoms with Crippen molar-refractivity contribution in [1.29, 1.82) is 0 Å². The molecule has 0 amide bonds. The second-order valence-electron chi connectivity index (χ2n) is 4.37. The summed E-state index contributed by atoms with van der Waals surface area (Å²) < 4.78 is 36.2. The number of nitrogens with zero attached hydrogens (tertiary/aromatic N) is 3. The molecule has 0 bridgehead atoms. The lowest BCUT2D eigenvalue weighted by atomic mass is 9.85. The molecule has 1 aliphatic carbocycles. The minimum atomic E-state index is -4.79. The largest absolute Gasteiger partial charge is 0.368 e. The lowest BCUT2D eigenvalue weighted by Crippen LogP contribution is -2.18. The summed E-state index contributed by atoms with van der Waals surface area (Å²) in [6.45, 7) is 3.58. The molecule has 7 heteroatoms. The fourth-order valence-electron chi connectivity index (χ4n) is 1.88. The van der Waals surface area contributed by atoms with Crippen molar-refractivity contribution in [2.75, 3.05) is 0 Å². The number of rotatable bonds is 3. The normalized spacial score (nSPS) is 17.8. The van der Waals surface area contributed by atoms with E-state index in [1.807, 2.05) is 0 Å². The Bertz CT molecular complexity index is 491. The Hall–Kier alpha value is -0.980. The maximum Gasteiger partial charge on any atom is 0.368 e. The van der Waals surface area contributed by atoms with Crippen LogP contribution in [0.4, 0.5) is 3.89 Å². The highest BCUT2D eigenvalue weighted by Gasteiger charge is 2.31. The molecule has 16 heavy (non-hydrogen) atoms. The highest BCUT2D eigenvalue weighted by Crippen LogP contribution is 2.37. The SMILES string of the molecule is CC(C)n1c(C2CCC2)nnc1S(=O)(=O)F. The van der Waals surface area contributed by atoms with Crippen LogP contribution in [0.15, 0.2) is 5.16 Å². The van der Waals surface area contributed by atoms with Crippen molar-refractivity contribution < 1.29 is 12.3 Å². The van der Waals surface area contributed by atoms with Crippen molar-refractivity contribution in [3.05, 3.63) is 5.82 Å². The van der Waals surface area contributed by atoms with Crippen LogP contribution in [-0.2, 0) is 10.2 Å². The van der Waals surface area contributed by atoms with Gasteiger partial charge in [-0.15, -0.1) is 10.2 Å². The molecule has 1 heterocycles. The molecule has 0 atom stereocenters. The van der Waals surface area contributed by atoms with Crippen molar-refractivity contribution >= 4 is 10.2 Å². The molecule has 2 rings (SSSR count). The summed E-state index contributed by atoms with van der Waals surface area (Å²) in [6.07, 6.45) is 3.04. The van der Waals surface area contributed by atoms with Gasteiger partial charge in [0.2, 0.25) is 0 Å². The zero-order valence-electron chi connectivity index (χ0n) is 9.22. The first-order valence-corrected chi connectivity index (χ1v) is 6.69. The first kappa shape index (κ1) is 11.5. The molecule has 0 unspecified atom stereocenters. The average molecular weight is 247 g/mol. The Balaban J connectivity index is 2.51. The van der Waals surface area contributed by atoms with E-state index in [2.05, 4.69) is 10.2 Å². The second kappa shape index (κ2) is 3.80. The highest BCUT2D eigenvalue weighted by atomic mass is 32.3. The average Bonchev–Trinajstić information content (AvgIpc) is 2.43. The highest BCUT2D eigenvalue weighted by molar-refractivity contribution is 7.86. The monoisotopic (exact) mass is 247 g/mol. The first-order valence-electron chi connectivity index (χ1n) is 5.30. The summed E-state index contributed by atoms with van der Waals surface area (Å²) in [5.41, 5.74) is 0. The topological polar surface area (TPSA) is 64.8 Å². The zero-order chi connectivity index (χ0) is 11.9. The van der Waals surface area contributed by atoms with Gasteiger partial charge in [-0.3, -0.25) is 4.57 Å². The smallest absolute Gasteiger partial charge is 0.297 e. The number of aromatic nitrogens is 3. The quantitative estimate of drug-likeness (QED) is 0.764. The van der Waals surface area contributed by atoms with E-state index in [4.69, 9.17) is 0 Å². The van der Waals surface area contributed by atoms with Gasteiger partial charge in [0, 0.05) is 12.0 Å². The van der Waals surface area contributed by atoms with E-state index >= 15 is 0 Å². The Morgan fingerprint density at radius 2 is 2.00 bits per heavy atom. The number of hydrogen-bond acceptors (Lipinski definition) is 4. The molecule has 0 aliphatic heterocycles. The van der Waals surface area contributed by atoms with Gasteiger partial charge in [0.25, 0.3) is 5.16 Å². The third-order valence-corrected chi connectivity index (χ3v) is 3.61. The van der Waals surface area contributed by atoms with Crippen LogP contribution in [-0.4, -0.2) is 23.2 Å². The number of hydrogen-bond donors (Lipinski definition) is 0. The molecule has 1 aromatic rings. The van der Waals surface area contributed by atoms with Gasteiger partial charge in [-0.25, -0.2) is 0 Å². The van der Waals surface area contributed by atoms with Gasteiger partial charge in [0.05, 0.1) is 0 Å². The van der Waals surface area contributed by atoms with E-state index in [9.17, 15) is 12.3 Å². The van der Waals surface area contributed by atoms with E-state index in [-0.39, 0.29) is 12.0 Å². The molecule has 1 aliphatic rings. The lowest BCUT2D eigenvalue weighted by molar-refractivity contribution is 0.370. The third kappa shape index (κ3) is 1.83. The standard InChI is InChI=1S/C9H14FN3O2S/c1-6(2)13-8(7-4-3-5-7)11-12-9(13)16(10,14)15/h6-7H,3-5H2,1-2H3. The summed E-state index contributed by atoms with van der Waals surface area (Å²) in [6, 6.07) is -0.161. The minimum absolute atomic E-state index is 0.161. The van der Waals surface area contributed by atoms with E-state index in [1.165, 1.54) is 4.57 Å². The van der Waals surface area contributed by atoms with E-state index in [0.717, 1.165) is 19.3 Å². The van der Waals surface area contributed by atoms with Gasteiger partial charge in [0.1, 0.15) is 5.82 Å². The molecule has 0 radical (unpaired) electrons. The van der Waals surface area contributed by atoms with Gasteiger partial charge < -0.3 is 0 Å². The first-order chi connectivity index (χ1) is 7.41. The molecule has 1 fully saturated rings. The fourth-order valence-corrected chi connectivity index (χ4v) is 2.56. The molecule has 1 saturated carbocycles. The maximum atomic E-state index is 13.0. The Morgan fingerprint density at radius 1 is 1.38 bits per heavy atom. The molecule has 0 aromatic carbocycles. The van der Waals surface area contributed by atoms with E-state index < -0.39 is 15.4 Å². The van der Waals surface area contributed by atoms with Gasteiger partial charge in [-0.2, -0.15) is 8.42 Å². The molecular formula is C9H14FN3O2S. The van der Waals surface area contributed by atoms with Crippen molar-refractivity contribution in [2.24, 2.45) is 0 Å². The summed E-state index contributed by atoms with van der Waals surface area (Å²) >= 11 is 0. The predicted molar refractivity (Wildman–Crippen MR) is 55.3 cm³/mol. The molecule has 1 aromatic heterocycles. The Kier molecular flexibility index (Phi) is 2.73. The van der Waals surface area contributed by atoms with Gasteiger partial charge in [-0.1, -0.05) is 10.3 Å². The van der Waals surface area contributed by atoms with Crippen LogP contribution in [0, 0.1) is 0 Å². The Morgan fingerprint density at radius 3 is 2.38 bits per heavy atom. The molecular weight excluding hydrogens is 233 g/mol. The minimum Gasteiger partial charge on any atom is -0.297 e. The molecule has 90 valence electrons. The van der Waals surface area contributed by atoms with Crippen molar-refractivity contribution in [2.45, 2.75) is 50.2 Å². The van der Waals surface area contributed by atoms with Gasteiger partial charge in [-0.05, 0) is 26.7 Å². The predicted octanol–water partition coefficient (Wildman–Crippen LogP) is 1.78.